The van der Waals surface area contributed by atoms with Gasteiger partial charge in [-0.3, -0.25) is 0 Å². The van der Waals surface area contributed by atoms with Crippen LogP contribution in [-0.2, 0) is 0 Å². The van der Waals surface area contributed by atoms with Crippen molar-refractivity contribution < 1.29 is 0 Å². The van der Waals surface area contributed by atoms with E-state index < -0.39 is 5.54 Å². The van der Waals surface area contributed by atoms with Gasteiger partial charge in [-0.05, 0) is 17.3 Å². The molecule has 0 aliphatic carbocycles. The predicted octanol–water partition coefficient (Wildman–Crippen LogP) is 1.02. The standard InChI is InChI=1S/C13H19BN2/c1-4-5-12(11(3)14)6-7-13(15)9-16-8-10(13)2/h4-5,10-11,16H,1,8-9,15H2,2-3H3/b12-5-. The van der Waals surface area contributed by atoms with Crippen LogP contribution in [0.4, 0.5) is 0 Å². The Bertz CT molecular complexity index is 349. The summed E-state index contributed by atoms with van der Waals surface area (Å²) in [5.74, 6) is 6.50. The minimum Gasteiger partial charge on any atom is -0.314 e. The molecule has 1 fully saturated rings. The second kappa shape index (κ2) is 5.38. The summed E-state index contributed by atoms with van der Waals surface area (Å²) in [5, 5.41) is 3.25. The third-order valence-corrected chi connectivity index (χ3v) is 2.97. The number of nitrogens with one attached hydrogen (secondary N) is 1. The highest BCUT2D eigenvalue weighted by atomic mass is 15.0. The maximum atomic E-state index is 6.22. The van der Waals surface area contributed by atoms with E-state index in [0.29, 0.717) is 5.92 Å². The molecule has 16 heavy (non-hydrogen) atoms. The van der Waals surface area contributed by atoms with E-state index in [0.717, 1.165) is 18.7 Å². The van der Waals surface area contributed by atoms with Crippen LogP contribution in [0.25, 0.3) is 0 Å². The molecule has 1 saturated heterocycles. The lowest BCUT2D eigenvalue weighted by Gasteiger charge is -2.21. The number of rotatable bonds is 2. The first kappa shape index (κ1) is 13.1. The van der Waals surface area contributed by atoms with Gasteiger partial charge in [-0.1, -0.05) is 44.4 Å². The Balaban J connectivity index is 2.86. The minimum atomic E-state index is -0.435. The Hall–Kier alpha value is -0.975. The number of allylic oxidation sites excluding steroid dienone is 3. The molecule has 84 valence electrons. The summed E-state index contributed by atoms with van der Waals surface area (Å²) in [6.07, 6.45) is 3.54. The molecule has 3 heteroatoms. The van der Waals surface area contributed by atoms with Crippen molar-refractivity contribution >= 4 is 7.85 Å². The molecule has 2 nitrogen and oxygen atoms in total. The molecule has 2 radical (unpaired) electrons. The molecule has 0 aromatic rings. The number of nitrogens with two attached hydrogens (primary N) is 1. The van der Waals surface area contributed by atoms with Gasteiger partial charge in [0.05, 0.1) is 13.4 Å². The van der Waals surface area contributed by atoms with E-state index in [1.54, 1.807) is 6.08 Å². The highest BCUT2D eigenvalue weighted by molar-refractivity contribution is 6.13. The summed E-state index contributed by atoms with van der Waals surface area (Å²) >= 11 is 0. The van der Waals surface area contributed by atoms with Crippen LogP contribution in [0.5, 0.6) is 0 Å². The van der Waals surface area contributed by atoms with Gasteiger partial charge in [-0.2, -0.15) is 0 Å². The lowest BCUT2D eigenvalue weighted by atomic mass is 9.81. The molecule has 1 rings (SSSR count). The third kappa shape index (κ3) is 3.01. The molecule has 1 aliphatic rings. The van der Waals surface area contributed by atoms with Gasteiger partial charge in [-0.25, -0.2) is 0 Å². The van der Waals surface area contributed by atoms with Crippen molar-refractivity contribution in [3.8, 4) is 11.8 Å². The Kier molecular flexibility index (Phi) is 4.40. The van der Waals surface area contributed by atoms with E-state index >= 15 is 0 Å². The molecule has 0 aromatic heterocycles. The zero-order valence-electron chi connectivity index (χ0n) is 10.1. The molecule has 1 heterocycles. The SMILES string of the molecule is [B]C(C)/C(C#CC1(N)CNCC1C)=C\C=C. The molecule has 3 N–H and O–H groups in total. The zero-order chi connectivity index (χ0) is 12.2. The molecule has 3 unspecified atom stereocenters. The fourth-order valence-electron chi connectivity index (χ4n) is 1.64. The fourth-order valence-corrected chi connectivity index (χ4v) is 1.64. The minimum absolute atomic E-state index is 0.0845. The van der Waals surface area contributed by atoms with Gasteiger partial charge in [0.1, 0.15) is 0 Å². The number of hydrogen-bond donors (Lipinski definition) is 2. The fraction of sp³-hybridized carbons (Fsp3) is 0.538. The van der Waals surface area contributed by atoms with Crippen LogP contribution in [0.15, 0.2) is 24.3 Å². The molecule has 3 atom stereocenters. The molecule has 0 amide bonds. The quantitative estimate of drug-likeness (QED) is 0.409. The van der Waals surface area contributed by atoms with Gasteiger partial charge >= 0.3 is 0 Å². The summed E-state index contributed by atoms with van der Waals surface area (Å²) < 4.78 is 0. The molecular formula is C13H19BN2. The van der Waals surface area contributed by atoms with Crippen molar-refractivity contribution in [1.82, 2.24) is 5.32 Å². The van der Waals surface area contributed by atoms with Crippen molar-refractivity contribution in [3.63, 3.8) is 0 Å². The van der Waals surface area contributed by atoms with Crippen LogP contribution in [0.1, 0.15) is 13.8 Å². The van der Waals surface area contributed by atoms with Crippen LogP contribution in [-0.4, -0.2) is 26.5 Å². The molecule has 0 bridgehead atoms. The van der Waals surface area contributed by atoms with Crippen molar-refractivity contribution in [3.05, 3.63) is 24.3 Å². The van der Waals surface area contributed by atoms with Gasteiger partial charge < -0.3 is 11.1 Å². The smallest absolute Gasteiger partial charge is 0.0943 e. The first-order chi connectivity index (χ1) is 7.49. The normalized spacial score (nSPS) is 31.7. The number of hydrogen-bond acceptors (Lipinski definition) is 2. The van der Waals surface area contributed by atoms with E-state index in [1.807, 2.05) is 13.0 Å². The van der Waals surface area contributed by atoms with E-state index in [2.05, 4.69) is 30.7 Å². The Morgan fingerprint density at radius 1 is 1.75 bits per heavy atom. The van der Waals surface area contributed by atoms with Gasteiger partial charge in [0.25, 0.3) is 0 Å². The van der Waals surface area contributed by atoms with E-state index in [4.69, 9.17) is 13.6 Å². The second-order valence-corrected chi connectivity index (χ2v) is 4.47. The van der Waals surface area contributed by atoms with Crippen LogP contribution in [0.3, 0.4) is 0 Å². The molecule has 0 saturated carbocycles. The van der Waals surface area contributed by atoms with Crippen LogP contribution in [0, 0.1) is 17.8 Å². The first-order valence-corrected chi connectivity index (χ1v) is 5.60. The largest absolute Gasteiger partial charge is 0.314 e. The van der Waals surface area contributed by atoms with E-state index in [-0.39, 0.29) is 5.82 Å². The Morgan fingerprint density at radius 3 is 2.88 bits per heavy atom. The highest BCUT2D eigenvalue weighted by Crippen LogP contribution is 2.19. The summed E-state index contributed by atoms with van der Waals surface area (Å²) in [4.78, 5) is 0. The van der Waals surface area contributed by atoms with Gasteiger partial charge in [0, 0.05) is 13.1 Å². The molecule has 1 aliphatic heterocycles. The third-order valence-electron chi connectivity index (χ3n) is 2.97. The lowest BCUT2D eigenvalue weighted by molar-refractivity contribution is 0.469. The summed E-state index contributed by atoms with van der Waals surface area (Å²) in [7, 11) is 5.81. The molecular weight excluding hydrogens is 195 g/mol. The van der Waals surface area contributed by atoms with Crippen LogP contribution < -0.4 is 11.1 Å². The van der Waals surface area contributed by atoms with Crippen molar-refractivity contribution in [2.75, 3.05) is 13.1 Å². The predicted molar refractivity (Wildman–Crippen MR) is 70.2 cm³/mol. The van der Waals surface area contributed by atoms with Crippen molar-refractivity contribution in [1.29, 1.82) is 0 Å². The molecule has 0 aromatic carbocycles. The average molecular weight is 214 g/mol. The zero-order valence-corrected chi connectivity index (χ0v) is 10.1. The van der Waals surface area contributed by atoms with Crippen LogP contribution in [0.2, 0.25) is 5.82 Å². The second-order valence-electron chi connectivity index (χ2n) is 4.47. The van der Waals surface area contributed by atoms with Gasteiger partial charge in [0.15, 0.2) is 0 Å². The van der Waals surface area contributed by atoms with E-state index in [1.165, 1.54) is 0 Å². The van der Waals surface area contributed by atoms with Gasteiger partial charge in [0.2, 0.25) is 0 Å². The van der Waals surface area contributed by atoms with Crippen molar-refractivity contribution in [2.45, 2.75) is 25.2 Å². The highest BCUT2D eigenvalue weighted by Gasteiger charge is 2.34. The van der Waals surface area contributed by atoms with Crippen molar-refractivity contribution in [2.24, 2.45) is 11.7 Å². The maximum absolute atomic E-state index is 6.22. The summed E-state index contributed by atoms with van der Waals surface area (Å²) in [5.41, 5.74) is 6.66. The Morgan fingerprint density at radius 2 is 2.44 bits per heavy atom. The van der Waals surface area contributed by atoms with Crippen LogP contribution >= 0.6 is 0 Å². The summed E-state index contributed by atoms with van der Waals surface area (Å²) in [6, 6.07) is 0. The topological polar surface area (TPSA) is 38.0 Å². The van der Waals surface area contributed by atoms with E-state index in [9.17, 15) is 0 Å². The average Bonchev–Trinajstić information content (AvgIpc) is 2.54. The van der Waals surface area contributed by atoms with Gasteiger partial charge in [-0.15, -0.1) is 0 Å². The molecule has 0 spiro atoms. The maximum Gasteiger partial charge on any atom is 0.0943 e. The monoisotopic (exact) mass is 214 g/mol. The Labute approximate surface area is 99.8 Å². The lowest BCUT2D eigenvalue weighted by Crippen LogP contribution is -2.45. The summed E-state index contributed by atoms with van der Waals surface area (Å²) in [6.45, 7) is 9.32. The first-order valence-electron chi connectivity index (χ1n) is 5.60.